The van der Waals surface area contributed by atoms with Crippen LogP contribution in [0.15, 0.2) is 91.0 Å². The van der Waals surface area contributed by atoms with Crippen molar-refractivity contribution in [2.45, 2.75) is 13.1 Å². The molecule has 0 spiro atoms. The van der Waals surface area contributed by atoms with E-state index in [1.54, 1.807) is 0 Å². The van der Waals surface area contributed by atoms with Crippen LogP contribution < -0.4 is 0 Å². The number of hydrogen-bond donors (Lipinski definition) is 0. The van der Waals surface area contributed by atoms with Crippen molar-refractivity contribution in [2.75, 3.05) is 0 Å². The van der Waals surface area contributed by atoms with E-state index in [0.29, 0.717) is 0 Å². The van der Waals surface area contributed by atoms with Crippen molar-refractivity contribution < 1.29 is 0 Å². The maximum absolute atomic E-state index is 7.37. The Morgan fingerprint density at radius 1 is 0.458 bits per heavy atom. The van der Waals surface area contributed by atoms with Crippen LogP contribution >= 0.6 is 17.7 Å². The zero-order chi connectivity index (χ0) is 16.9. The first-order valence-electron chi connectivity index (χ1n) is 8.08. The molecule has 0 aliphatic carbocycles. The van der Waals surface area contributed by atoms with Gasteiger partial charge in [0.1, 0.15) is 0 Å². The van der Waals surface area contributed by atoms with Gasteiger partial charge in [-0.15, -0.1) is 0 Å². The Hall–Kier alpha value is -0.942. The molecule has 0 aliphatic heterocycles. The summed E-state index contributed by atoms with van der Waals surface area (Å²) in [6.45, 7) is 0. The van der Waals surface area contributed by atoms with E-state index in [2.05, 4.69) is 72.8 Å². The minimum atomic E-state index is -3.95. The van der Waals surface area contributed by atoms with E-state index in [1.807, 2.05) is 18.2 Å². The van der Waals surface area contributed by atoms with Gasteiger partial charge in [0.05, 0.1) is 0 Å². The number of rotatable bonds is 6. The van der Waals surface area contributed by atoms with Gasteiger partial charge >= 0.3 is 154 Å². The molecule has 0 nitrogen and oxygen atoms in total. The van der Waals surface area contributed by atoms with Crippen molar-refractivity contribution in [1.29, 1.82) is 0 Å². The molecule has 0 atom stereocenters. The standard InChI is InChI=1S/3C7H7.2ClH.Sb/c3*1-7-5-3-2-4-6-7;;;/h3*2-6H,1H2;2*1H;/q;;;;;+2/p-2. The van der Waals surface area contributed by atoms with E-state index in [-0.39, 0.29) is 0 Å². The third-order valence-electron chi connectivity index (χ3n) is 4.11. The molecule has 24 heavy (non-hydrogen) atoms. The fraction of sp³-hybridized carbons (Fsp3) is 0.143. The summed E-state index contributed by atoms with van der Waals surface area (Å²) in [4.78, 5) is 0. The predicted molar refractivity (Wildman–Crippen MR) is 108 cm³/mol. The van der Waals surface area contributed by atoms with Crippen molar-refractivity contribution in [3.05, 3.63) is 108 Å². The van der Waals surface area contributed by atoms with Gasteiger partial charge in [0, 0.05) is 0 Å². The van der Waals surface area contributed by atoms with Crippen molar-refractivity contribution in [3.8, 4) is 0 Å². The van der Waals surface area contributed by atoms with Gasteiger partial charge in [-0.1, -0.05) is 0 Å². The molecular weight excluding hydrogens is 445 g/mol. The molecule has 0 N–H and O–H groups in total. The van der Waals surface area contributed by atoms with Gasteiger partial charge in [-0.2, -0.15) is 0 Å². The molecule has 0 aliphatic rings. The Balaban J connectivity index is 1.95. The van der Waals surface area contributed by atoms with E-state index in [4.69, 9.17) is 17.7 Å². The molecule has 0 aromatic heterocycles. The first-order chi connectivity index (χ1) is 11.5. The van der Waals surface area contributed by atoms with Gasteiger partial charge in [0.15, 0.2) is 0 Å². The fourth-order valence-electron chi connectivity index (χ4n) is 3.11. The second-order valence-electron chi connectivity index (χ2n) is 6.38. The number of hydrogen-bond acceptors (Lipinski definition) is 0. The molecule has 124 valence electrons. The molecule has 0 bridgehead atoms. The van der Waals surface area contributed by atoms with Gasteiger partial charge < -0.3 is 0 Å². The Morgan fingerprint density at radius 2 is 0.708 bits per heavy atom. The van der Waals surface area contributed by atoms with Crippen LogP contribution in [0.4, 0.5) is 0 Å². The molecule has 0 fully saturated rings. The van der Waals surface area contributed by atoms with E-state index >= 15 is 0 Å². The first-order valence-corrected chi connectivity index (χ1v) is 20.0. The predicted octanol–water partition coefficient (Wildman–Crippen LogP) is 6.21. The molecule has 0 heterocycles. The summed E-state index contributed by atoms with van der Waals surface area (Å²) in [5, 5.41) is 0. The molecule has 0 radical (unpaired) electrons. The average molecular weight is 466 g/mol. The summed E-state index contributed by atoms with van der Waals surface area (Å²) in [7, 11) is 14.7. The van der Waals surface area contributed by atoms with Crippen LogP contribution in [0.5, 0.6) is 0 Å². The summed E-state index contributed by atoms with van der Waals surface area (Å²) in [6.07, 6.45) is 0. The Labute approximate surface area is 152 Å². The van der Waals surface area contributed by atoms with Gasteiger partial charge in [0.2, 0.25) is 0 Å². The zero-order valence-corrected chi connectivity index (χ0v) is 17.5. The quantitative estimate of drug-likeness (QED) is 0.380. The van der Waals surface area contributed by atoms with E-state index in [9.17, 15) is 0 Å². The Bertz CT molecular complexity index is 663. The van der Waals surface area contributed by atoms with Gasteiger partial charge in [0.25, 0.3) is 0 Å². The molecule has 0 saturated carbocycles. The first kappa shape index (κ1) is 17.9. The molecular formula is C21H21Cl2Sb. The molecule has 0 saturated heterocycles. The van der Waals surface area contributed by atoms with Crippen LogP contribution in [0.3, 0.4) is 0 Å². The van der Waals surface area contributed by atoms with E-state index in [0.717, 1.165) is 13.1 Å². The summed E-state index contributed by atoms with van der Waals surface area (Å²) in [5.74, 6) is 0. The monoisotopic (exact) mass is 464 g/mol. The SMILES string of the molecule is [Cl][Sb]([Cl])([CH2]c1ccccc1)([CH2]c1ccccc1)[CH2]c1ccccc1. The zero-order valence-electron chi connectivity index (χ0n) is 13.5. The summed E-state index contributed by atoms with van der Waals surface area (Å²) < 4.78 is 2.38. The molecule has 0 unspecified atom stereocenters. The topological polar surface area (TPSA) is 0 Å². The van der Waals surface area contributed by atoms with Crippen molar-refractivity contribution in [3.63, 3.8) is 0 Å². The van der Waals surface area contributed by atoms with Crippen LogP contribution in [0.25, 0.3) is 0 Å². The molecule has 3 rings (SSSR count). The van der Waals surface area contributed by atoms with Crippen LogP contribution in [-0.4, -0.2) is 15.1 Å². The Morgan fingerprint density at radius 3 is 0.958 bits per heavy atom. The third kappa shape index (κ3) is 5.03. The summed E-state index contributed by atoms with van der Waals surface area (Å²) in [5.41, 5.74) is 3.70. The Kier molecular flexibility index (Phi) is 5.60. The molecule has 0 amide bonds. The van der Waals surface area contributed by atoms with Crippen LogP contribution in [0.1, 0.15) is 16.7 Å². The van der Waals surface area contributed by atoms with Crippen molar-refractivity contribution in [2.24, 2.45) is 0 Å². The van der Waals surface area contributed by atoms with Crippen molar-refractivity contribution >= 4 is 32.8 Å². The number of halogens is 2. The van der Waals surface area contributed by atoms with Crippen LogP contribution in [0, 0.1) is 0 Å². The van der Waals surface area contributed by atoms with Gasteiger partial charge in [-0.05, 0) is 0 Å². The van der Waals surface area contributed by atoms with Gasteiger partial charge in [-0.25, -0.2) is 0 Å². The van der Waals surface area contributed by atoms with Gasteiger partial charge in [-0.3, -0.25) is 0 Å². The second kappa shape index (κ2) is 7.52. The molecule has 3 aromatic carbocycles. The van der Waals surface area contributed by atoms with Crippen LogP contribution in [-0.2, 0) is 13.1 Å². The maximum atomic E-state index is 7.37. The van der Waals surface area contributed by atoms with Crippen LogP contribution in [0.2, 0.25) is 0 Å². The second-order valence-corrected chi connectivity index (χ2v) is 30.4. The average Bonchev–Trinajstić information content (AvgIpc) is 2.56. The summed E-state index contributed by atoms with van der Waals surface area (Å²) >= 11 is -3.95. The fourth-order valence-corrected chi connectivity index (χ4v) is 18.2. The van der Waals surface area contributed by atoms with E-state index in [1.165, 1.54) is 16.7 Å². The molecule has 3 heteroatoms. The summed E-state index contributed by atoms with van der Waals surface area (Å²) in [6, 6.07) is 31.2. The minimum absolute atomic E-state index is 0.793. The number of benzene rings is 3. The molecule has 3 aromatic rings. The normalized spacial score (nSPS) is 13.2. The van der Waals surface area contributed by atoms with Crippen molar-refractivity contribution in [1.82, 2.24) is 0 Å². The third-order valence-corrected chi connectivity index (χ3v) is 17.9. The van der Waals surface area contributed by atoms with E-state index < -0.39 is 15.1 Å².